The molecule has 0 aromatic carbocycles. The number of carbonyl (C=O) groups is 1. The van der Waals surface area contributed by atoms with Gasteiger partial charge in [0.05, 0.1) is 11.4 Å². The molecule has 0 bridgehead atoms. The van der Waals surface area contributed by atoms with Gasteiger partial charge in [0.2, 0.25) is 5.91 Å². The fourth-order valence-electron chi connectivity index (χ4n) is 2.38. The van der Waals surface area contributed by atoms with Crippen LogP contribution in [0.2, 0.25) is 0 Å². The first-order valence-electron chi connectivity index (χ1n) is 7.74. The number of hydrogen-bond acceptors (Lipinski definition) is 5. The summed E-state index contributed by atoms with van der Waals surface area (Å²) in [5.41, 5.74) is 3.71. The van der Waals surface area contributed by atoms with Crippen LogP contribution in [0.5, 0.6) is 0 Å². The number of fused-ring (bicyclic) bond motifs is 1. The summed E-state index contributed by atoms with van der Waals surface area (Å²) >= 11 is 1.35. The van der Waals surface area contributed by atoms with Gasteiger partial charge in [-0.05, 0) is 32.0 Å². The number of thioether (sulfide) groups is 1. The molecule has 0 saturated carbocycles. The van der Waals surface area contributed by atoms with E-state index in [0.717, 1.165) is 22.7 Å². The summed E-state index contributed by atoms with van der Waals surface area (Å²) in [4.78, 5) is 25.1. The van der Waals surface area contributed by atoms with Crippen molar-refractivity contribution in [3.05, 3.63) is 53.7 Å². The van der Waals surface area contributed by atoms with E-state index < -0.39 is 0 Å². The van der Waals surface area contributed by atoms with Crippen LogP contribution in [-0.4, -0.2) is 37.6 Å². The van der Waals surface area contributed by atoms with E-state index in [4.69, 9.17) is 0 Å². The second-order valence-corrected chi connectivity index (χ2v) is 6.46. The molecule has 0 unspecified atom stereocenters. The van der Waals surface area contributed by atoms with E-state index in [-0.39, 0.29) is 5.91 Å². The van der Waals surface area contributed by atoms with E-state index in [1.54, 1.807) is 0 Å². The molecule has 24 heavy (non-hydrogen) atoms. The molecule has 0 spiro atoms. The van der Waals surface area contributed by atoms with Gasteiger partial charge in [-0.25, -0.2) is 15.0 Å². The predicted molar refractivity (Wildman–Crippen MR) is 94.1 cm³/mol. The van der Waals surface area contributed by atoms with Crippen molar-refractivity contribution in [3.63, 3.8) is 0 Å². The molecule has 0 aliphatic carbocycles. The lowest BCUT2D eigenvalue weighted by Gasteiger charge is -2.04. The Morgan fingerprint density at radius 3 is 2.75 bits per heavy atom. The molecule has 0 aliphatic rings. The molecule has 7 heteroatoms. The maximum atomic E-state index is 11.9. The second-order valence-electron chi connectivity index (χ2n) is 5.52. The highest BCUT2D eigenvalue weighted by Crippen LogP contribution is 2.13. The number of amides is 1. The van der Waals surface area contributed by atoms with Crippen LogP contribution in [0.3, 0.4) is 0 Å². The maximum absolute atomic E-state index is 11.9. The van der Waals surface area contributed by atoms with Crippen molar-refractivity contribution in [2.24, 2.45) is 0 Å². The molecule has 0 aliphatic heterocycles. The number of nitrogens with zero attached hydrogens (tertiary/aromatic N) is 4. The molecule has 1 amide bonds. The molecule has 0 atom stereocenters. The van der Waals surface area contributed by atoms with Crippen LogP contribution < -0.4 is 5.32 Å². The van der Waals surface area contributed by atoms with Gasteiger partial charge < -0.3 is 9.72 Å². The summed E-state index contributed by atoms with van der Waals surface area (Å²) in [7, 11) is 0. The minimum atomic E-state index is -0.0217. The molecule has 3 heterocycles. The lowest BCUT2D eigenvalue weighted by molar-refractivity contribution is -0.118. The normalized spacial score (nSPS) is 10.9. The number of aryl methyl sites for hydroxylation is 2. The third-order valence-corrected chi connectivity index (χ3v) is 4.26. The topological polar surface area (TPSA) is 72.2 Å². The van der Waals surface area contributed by atoms with Gasteiger partial charge in [-0.15, -0.1) is 0 Å². The van der Waals surface area contributed by atoms with Crippen LogP contribution in [0.1, 0.15) is 17.1 Å². The van der Waals surface area contributed by atoms with Crippen molar-refractivity contribution < 1.29 is 4.79 Å². The first-order valence-corrected chi connectivity index (χ1v) is 8.73. The highest BCUT2D eigenvalue weighted by molar-refractivity contribution is 7.99. The van der Waals surface area contributed by atoms with Gasteiger partial charge >= 0.3 is 0 Å². The van der Waals surface area contributed by atoms with Gasteiger partial charge in [0, 0.05) is 36.7 Å². The summed E-state index contributed by atoms with van der Waals surface area (Å²) < 4.78 is 1.98. The summed E-state index contributed by atoms with van der Waals surface area (Å²) in [5, 5.41) is 3.55. The predicted octanol–water partition coefficient (Wildman–Crippen LogP) is 2.19. The SMILES string of the molecule is Cc1cc(C)nc(SCC(=O)NCCc2cn3ccccc3n2)n1. The maximum Gasteiger partial charge on any atom is 0.230 e. The Morgan fingerprint density at radius 2 is 2.00 bits per heavy atom. The standard InChI is InChI=1S/C17H19N5OS/c1-12-9-13(2)20-17(19-12)24-11-16(23)18-7-6-14-10-22-8-4-3-5-15(22)21-14/h3-5,8-10H,6-7,11H2,1-2H3,(H,18,23). The van der Waals surface area contributed by atoms with Crippen LogP contribution in [-0.2, 0) is 11.2 Å². The van der Waals surface area contributed by atoms with Crippen molar-refractivity contribution in [1.29, 1.82) is 0 Å². The van der Waals surface area contributed by atoms with Crippen LogP contribution >= 0.6 is 11.8 Å². The summed E-state index contributed by atoms with van der Waals surface area (Å²) in [6, 6.07) is 7.80. The smallest absolute Gasteiger partial charge is 0.230 e. The van der Waals surface area contributed by atoms with E-state index in [9.17, 15) is 4.79 Å². The molecule has 3 aromatic heterocycles. The molecule has 1 N–H and O–H groups in total. The van der Waals surface area contributed by atoms with E-state index >= 15 is 0 Å². The zero-order chi connectivity index (χ0) is 16.9. The van der Waals surface area contributed by atoms with Crippen LogP contribution in [0.4, 0.5) is 0 Å². The number of aromatic nitrogens is 4. The number of pyridine rings is 1. The number of nitrogens with one attached hydrogen (secondary N) is 1. The van der Waals surface area contributed by atoms with Gasteiger partial charge in [-0.3, -0.25) is 4.79 Å². The first-order chi connectivity index (χ1) is 11.6. The lowest BCUT2D eigenvalue weighted by Crippen LogP contribution is -2.27. The molecule has 0 saturated heterocycles. The van der Waals surface area contributed by atoms with Gasteiger partial charge in [-0.2, -0.15) is 0 Å². The Hall–Kier alpha value is -2.41. The van der Waals surface area contributed by atoms with E-state index in [2.05, 4.69) is 20.3 Å². The molecular weight excluding hydrogens is 322 g/mol. The van der Waals surface area contributed by atoms with E-state index in [1.165, 1.54) is 11.8 Å². The molecule has 124 valence electrons. The monoisotopic (exact) mass is 341 g/mol. The average molecular weight is 341 g/mol. The number of imidazole rings is 1. The molecule has 0 radical (unpaired) electrons. The highest BCUT2D eigenvalue weighted by Gasteiger charge is 2.07. The third kappa shape index (κ3) is 4.32. The highest BCUT2D eigenvalue weighted by atomic mass is 32.2. The van der Waals surface area contributed by atoms with Crippen LogP contribution in [0.25, 0.3) is 5.65 Å². The van der Waals surface area contributed by atoms with Crippen molar-refractivity contribution in [1.82, 2.24) is 24.7 Å². The van der Waals surface area contributed by atoms with Crippen LogP contribution in [0, 0.1) is 13.8 Å². The van der Waals surface area contributed by atoms with Gasteiger partial charge in [0.25, 0.3) is 0 Å². The Morgan fingerprint density at radius 1 is 1.21 bits per heavy atom. The zero-order valence-electron chi connectivity index (χ0n) is 13.7. The Bertz CT molecular complexity index is 808. The van der Waals surface area contributed by atoms with Crippen molar-refractivity contribution in [2.45, 2.75) is 25.4 Å². The largest absolute Gasteiger partial charge is 0.355 e. The average Bonchev–Trinajstić information content (AvgIpc) is 2.95. The zero-order valence-corrected chi connectivity index (χ0v) is 14.5. The number of hydrogen-bond donors (Lipinski definition) is 1. The third-order valence-electron chi connectivity index (χ3n) is 3.41. The van der Waals surface area contributed by atoms with E-state index in [0.29, 0.717) is 23.9 Å². The quantitative estimate of drug-likeness (QED) is 0.550. The fourth-order valence-corrected chi connectivity index (χ4v) is 3.16. The summed E-state index contributed by atoms with van der Waals surface area (Å²) in [6.07, 6.45) is 4.66. The first kappa shape index (κ1) is 16.4. The lowest BCUT2D eigenvalue weighted by atomic mass is 10.3. The molecular formula is C17H19N5OS. The minimum Gasteiger partial charge on any atom is -0.355 e. The minimum absolute atomic E-state index is 0.0217. The molecule has 0 fully saturated rings. The number of rotatable bonds is 6. The van der Waals surface area contributed by atoms with Gasteiger partial charge in [0.1, 0.15) is 5.65 Å². The molecule has 3 aromatic rings. The summed E-state index contributed by atoms with van der Waals surface area (Å²) in [6.45, 7) is 4.41. The summed E-state index contributed by atoms with van der Waals surface area (Å²) in [5.74, 6) is 0.292. The second kappa shape index (κ2) is 7.44. The van der Waals surface area contributed by atoms with Gasteiger partial charge in [0.15, 0.2) is 5.16 Å². The van der Waals surface area contributed by atoms with Crippen molar-refractivity contribution in [2.75, 3.05) is 12.3 Å². The van der Waals surface area contributed by atoms with Crippen molar-refractivity contribution in [3.8, 4) is 0 Å². The van der Waals surface area contributed by atoms with Crippen LogP contribution in [0.15, 0.2) is 41.8 Å². The Kier molecular flexibility index (Phi) is 5.10. The van der Waals surface area contributed by atoms with E-state index in [1.807, 2.05) is 54.9 Å². The Balaban J connectivity index is 1.45. The molecule has 6 nitrogen and oxygen atoms in total. The Labute approximate surface area is 144 Å². The molecule has 3 rings (SSSR count). The van der Waals surface area contributed by atoms with Crippen molar-refractivity contribution >= 4 is 23.3 Å². The number of carbonyl (C=O) groups excluding carboxylic acids is 1. The fraction of sp³-hybridized carbons (Fsp3) is 0.294. The van der Waals surface area contributed by atoms with Gasteiger partial charge in [-0.1, -0.05) is 17.8 Å².